The molecule has 1 amide bonds. The van der Waals surface area contributed by atoms with Crippen LogP contribution < -0.4 is 5.32 Å². The van der Waals surface area contributed by atoms with E-state index in [-0.39, 0.29) is 11.7 Å². The zero-order valence-electron chi connectivity index (χ0n) is 13.6. The van der Waals surface area contributed by atoms with Gasteiger partial charge in [-0.1, -0.05) is 29.8 Å². The second kappa shape index (κ2) is 7.32. The van der Waals surface area contributed by atoms with Crippen LogP contribution in [0.3, 0.4) is 0 Å². The molecule has 0 spiro atoms. The molecular formula is C19H16ClN3O2. The Kier molecular flexibility index (Phi) is 4.95. The number of nitrogens with zero attached hydrogens (tertiary/aromatic N) is 2. The number of nitrogens with one attached hydrogen (secondary N) is 1. The number of benzene rings is 2. The summed E-state index contributed by atoms with van der Waals surface area (Å²) in [5.41, 5.74) is 2.06. The fourth-order valence-corrected chi connectivity index (χ4v) is 2.60. The van der Waals surface area contributed by atoms with Crippen molar-refractivity contribution in [2.75, 3.05) is 0 Å². The van der Waals surface area contributed by atoms with E-state index in [1.807, 2.05) is 13.2 Å². The molecule has 2 aromatic carbocycles. The van der Waals surface area contributed by atoms with Crippen LogP contribution in [0.4, 0.5) is 0 Å². The Bertz CT molecular complexity index is 916. The van der Waals surface area contributed by atoms with E-state index in [1.54, 1.807) is 59.4 Å². The third kappa shape index (κ3) is 3.95. The fraction of sp³-hybridized carbons (Fsp3) is 0.105. The predicted molar refractivity (Wildman–Crippen MR) is 95.7 cm³/mol. The first-order chi connectivity index (χ1) is 12.0. The average molecular weight is 354 g/mol. The zero-order valence-corrected chi connectivity index (χ0v) is 14.3. The van der Waals surface area contributed by atoms with Gasteiger partial charge < -0.3 is 5.32 Å². The number of ketones is 1. The zero-order chi connectivity index (χ0) is 17.8. The lowest BCUT2D eigenvalue weighted by molar-refractivity contribution is 0.0939. The molecule has 0 aliphatic heterocycles. The summed E-state index contributed by atoms with van der Waals surface area (Å²) in [6.45, 7) is 0.343. The second-order valence-electron chi connectivity index (χ2n) is 5.59. The molecule has 0 radical (unpaired) electrons. The smallest absolute Gasteiger partial charge is 0.252 e. The van der Waals surface area contributed by atoms with Gasteiger partial charge in [0.1, 0.15) is 0 Å². The molecule has 5 nitrogen and oxygen atoms in total. The second-order valence-corrected chi connectivity index (χ2v) is 6.02. The summed E-state index contributed by atoms with van der Waals surface area (Å²) in [4.78, 5) is 25.2. The van der Waals surface area contributed by atoms with E-state index in [9.17, 15) is 9.59 Å². The minimum absolute atomic E-state index is 0.219. The van der Waals surface area contributed by atoms with E-state index in [1.165, 1.54) is 0 Å². The molecule has 0 unspecified atom stereocenters. The van der Waals surface area contributed by atoms with Gasteiger partial charge in [-0.3, -0.25) is 14.3 Å². The lowest BCUT2D eigenvalue weighted by Gasteiger charge is -2.09. The number of carbonyl (C=O) groups is 2. The van der Waals surface area contributed by atoms with Crippen LogP contribution >= 0.6 is 11.6 Å². The van der Waals surface area contributed by atoms with Gasteiger partial charge in [-0.25, -0.2) is 0 Å². The molecule has 6 heteroatoms. The van der Waals surface area contributed by atoms with Crippen molar-refractivity contribution in [3.05, 3.63) is 88.2 Å². The molecular weight excluding hydrogens is 338 g/mol. The van der Waals surface area contributed by atoms with E-state index in [4.69, 9.17) is 11.6 Å². The Morgan fingerprint density at radius 3 is 2.40 bits per heavy atom. The van der Waals surface area contributed by atoms with Crippen LogP contribution in [-0.4, -0.2) is 21.5 Å². The largest absolute Gasteiger partial charge is 0.348 e. The molecule has 126 valence electrons. The Balaban J connectivity index is 1.81. The topological polar surface area (TPSA) is 64.0 Å². The van der Waals surface area contributed by atoms with Crippen LogP contribution in [0, 0.1) is 0 Å². The Morgan fingerprint density at radius 2 is 1.76 bits per heavy atom. The first kappa shape index (κ1) is 16.9. The quantitative estimate of drug-likeness (QED) is 0.716. The molecule has 0 saturated heterocycles. The summed E-state index contributed by atoms with van der Waals surface area (Å²) >= 11 is 5.86. The molecule has 3 rings (SSSR count). The number of carbonyl (C=O) groups excluding carboxylic acids is 2. The van der Waals surface area contributed by atoms with Crippen LogP contribution in [0.1, 0.15) is 31.8 Å². The summed E-state index contributed by atoms with van der Waals surface area (Å²) in [5.74, 6) is -0.523. The number of amides is 1. The van der Waals surface area contributed by atoms with Gasteiger partial charge in [0.25, 0.3) is 5.91 Å². The van der Waals surface area contributed by atoms with Crippen LogP contribution in [0.25, 0.3) is 0 Å². The molecule has 0 fully saturated rings. The molecule has 1 heterocycles. The van der Waals surface area contributed by atoms with Crippen LogP contribution in [0.5, 0.6) is 0 Å². The van der Waals surface area contributed by atoms with Gasteiger partial charge in [-0.15, -0.1) is 0 Å². The van der Waals surface area contributed by atoms with Crippen LogP contribution in [0.2, 0.25) is 5.02 Å². The van der Waals surface area contributed by atoms with Gasteiger partial charge in [-0.2, -0.15) is 5.10 Å². The highest BCUT2D eigenvalue weighted by Crippen LogP contribution is 2.17. The van der Waals surface area contributed by atoms with Gasteiger partial charge >= 0.3 is 0 Å². The van der Waals surface area contributed by atoms with Crippen molar-refractivity contribution < 1.29 is 9.59 Å². The standard InChI is InChI=1S/C19H16ClN3O2/c1-23-12-13(11-22-23)10-21-19(25)17-5-3-2-4-16(17)18(24)14-6-8-15(20)9-7-14/h2-9,11-12H,10H2,1H3,(H,21,25). The maximum absolute atomic E-state index is 12.7. The van der Waals surface area contributed by atoms with Crippen LogP contribution in [-0.2, 0) is 13.6 Å². The maximum Gasteiger partial charge on any atom is 0.252 e. The highest BCUT2D eigenvalue weighted by atomic mass is 35.5. The number of halogens is 1. The number of hydrogen-bond donors (Lipinski definition) is 1. The molecule has 1 aromatic heterocycles. The molecule has 0 aliphatic rings. The van der Waals surface area contributed by atoms with Gasteiger partial charge in [0, 0.05) is 41.5 Å². The summed E-state index contributed by atoms with van der Waals surface area (Å²) in [5, 5.41) is 7.43. The van der Waals surface area contributed by atoms with E-state index in [0.29, 0.717) is 28.3 Å². The van der Waals surface area contributed by atoms with Crippen molar-refractivity contribution >= 4 is 23.3 Å². The molecule has 0 aliphatic carbocycles. The molecule has 0 atom stereocenters. The summed E-state index contributed by atoms with van der Waals surface area (Å²) < 4.78 is 1.67. The summed E-state index contributed by atoms with van der Waals surface area (Å²) in [6, 6.07) is 13.4. The Hall–Kier alpha value is -2.92. The third-order valence-electron chi connectivity index (χ3n) is 3.73. The molecule has 25 heavy (non-hydrogen) atoms. The SMILES string of the molecule is Cn1cc(CNC(=O)c2ccccc2C(=O)c2ccc(Cl)cc2)cn1. The highest BCUT2D eigenvalue weighted by molar-refractivity contribution is 6.30. The van der Waals surface area contributed by atoms with Crippen molar-refractivity contribution in [1.82, 2.24) is 15.1 Å². The lowest BCUT2D eigenvalue weighted by Crippen LogP contribution is -2.25. The minimum Gasteiger partial charge on any atom is -0.348 e. The fourth-order valence-electron chi connectivity index (χ4n) is 2.48. The van der Waals surface area contributed by atoms with Crippen molar-refractivity contribution in [2.24, 2.45) is 7.05 Å². The number of hydrogen-bond acceptors (Lipinski definition) is 3. The molecule has 0 saturated carbocycles. The highest BCUT2D eigenvalue weighted by Gasteiger charge is 2.18. The van der Waals surface area contributed by atoms with E-state index < -0.39 is 0 Å². The Labute approximate surface area is 150 Å². The van der Waals surface area contributed by atoms with Crippen molar-refractivity contribution in [3.8, 4) is 0 Å². The van der Waals surface area contributed by atoms with E-state index in [2.05, 4.69) is 10.4 Å². The molecule has 1 N–H and O–H groups in total. The van der Waals surface area contributed by atoms with E-state index in [0.717, 1.165) is 5.56 Å². The van der Waals surface area contributed by atoms with Gasteiger partial charge in [0.15, 0.2) is 5.78 Å². The maximum atomic E-state index is 12.7. The normalized spacial score (nSPS) is 10.5. The van der Waals surface area contributed by atoms with Crippen molar-refractivity contribution in [2.45, 2.75) is 6.54 Å². The molecule has 0 bridgehead atoms. The van der Waals surface area contributed by atoms with E-state index >= 15 is 0 Å². The predicted octanol–water partition coefficient (Wildman–Crippen LogP) is 3.23. The molecule has 3 aromatic rings. The average Bonchev–Trinajstić information content (AvgIpc) is 3.05. The number of rotatable bonds is 5. The Morgan fingerprint density at radius 1 is 1.08 bits per heavy atom. The summed E-state index contributed by atoms with van der Waals surface area (Å²) in [7, 11) is 1.81. The van der Waals surface area contributed by atoms with Gasteiger partial charge in [-0.05, 0) is 30.3 Å². The number of aryl methyl sites for hydroxylation is 1. The lowest BCUT2D eigenvalue weighted by atomic mass is 9.98. The van der Waals surface area contributed by atoms with Gasteiger partial charge in [0.05, 0.1) is 11.8 Å². The first-order valence-corrected chi connectivity index (χ1v) is 8.07. The van der Waals surface area contributed by atoms with Crippen LogP contribution in [0.15, 0.2) is 60.9 Å². The third-order valence-corrected chi connectivity index (χ3v) is 3.99. The monoisotopic (exact) mass is 353 g/mol. The minimum atomic E-state index is -0.304. The van der Waals surface area contributed by atoms with Crippen molar-refractivity contribution in [1.29, 1.82) is 0 Å². The van der Waals surface area contributed by atoms with Gasteiger partial charge in [0.2, 0.25) is 0 Å². The van der Waals surface area contributed by atoms with Crippen molar-refractivity contribution in [3.63, 3.8) is 0 Å². The first-order valence-electron chi connectivity index (χ1n) is 7.69. The summed E-state index contributed by atoms with van der Waals surface area (Å²) in [6.07, 6.45) is 3.51. The number of aromatic nitrogens is 2.